The lowest BCUT2D eigenvalue weighted by atomic mass is 10.1. The van der Waals surface area contributed by atoms with Gasteiger partial charge in [-0.25, -0.2) is 9.59 Å². The SMILES string of the molecule is CC(OC(=O)C(N)Cc1ccc(N)cc1)C(=O)OCCOC(=O)C(C)OC(=O)C(N)Cc1ccc(N)cc1. The molecule has 2 aromatic carbocycles. The largest absolute Gasteiger partial charge is 0.459 e. The van der Waals surface area contributed by atoms with E-state index in [0.717, 1.165) is 11.1 Å². The summed E-state index contributed by atoms with van der Waals surface area (Å²) in [5, 5.41) is 0. The van der Waals surface area contributed by atoms with Gasteiger partial charge in [0, 0.05) is 11.4 Å². The highest BCUT2D eigenvalue weighted by atomic mass is 16.6. The highest BCUT2D eigenvalue weighted by Crippen LogP contribution is 2.10. The zero-order valence-corrected chi connectivity index (χ0v) is 21.3. The van der Waals surface area contributed by atoms with Crippen LogP contribution in [0.25, 0.3) is 0 Å². The zero-order valence-electron chi connectivity index (χ0n) is 21.3. The highest BCUT2D eigenvalue weighted by Gasteiger charge is 2.25. The van der Waals surface area contributed by atoms with Crippen molar-refractivity contribution in [3.05, 3.63) is 59.7 Å². The Kier molecular flexibility index (Phi) is 11.5. The molecule has 12 heteroatoms. The van der Waals surface area contributed by atoms with E-state index in [2.05, 4.69) is 0 Å². The van der Waals surface area contributed by atoms with Crippen molar-refractivity contribution >= 4 is 35.3 Å². The summed E-state index contributed by atoms with van der Waals surface area (Å²) in [5.41, 5.74) is 25.7. The molecule has 0 aliphatic carbocycles. The van der Waals surface area contributed by atoms with Crippen molar-refractivity contribution in [2.75, 3.05) is 24.7 Å². The molecule has 2 rings (SSSR count). The first-order chi connectivity index (χ1) is 18.0. The Morgan fingerprint density at radius 2 is 0.921 bits per heavy atom. The third-order valence-electron chi connectivity index (χ3n) is 5.30. The maximum atomic E-state index is 12.2. The van der Waals surface area contributed by atoms with Gasteiger partial charge in [0.05, 0.1) is 0 Å². The molecule has 206 valence electrons. The van der Waals surface area contributed by atoms with Crippen LogP contribution in [-0.2, 0) is 51.0 Å². The van der Waals surface area contributed by atoms with Crippen molar-refractivity contribution in [3.63, 3.8) is 0 Å². The Bertz CT molecular complexity index is 1000. The first-order valence-electron chi connectivity index (χ1n) is 11.9. The van der Waals surface area contributed by atoms with Gasteiger partial charge in [-0.1, -0.05) is 24.3 Å². The molecule has 0 radical (unpaired) electrons. The summed E-state index contributed by atoms with van der Waals surface area (Å²) in [5.74, 6) is -3.24. The number of anilines is 2. The van der Waals surface area contributed by atoms with Crippen LogP contribution in [0.15, 0.2) is 48.5 Å². The molecule has 4 atom stereocenters. The third kappa shape index (κ3) is 10.1. The predicted octanol–water partition coefficient (Wildman–Crippen LogP) is 0.241. The van der Waals surface area contributed by atoms with Crippen molar-refractivity contribution in [2.24, 2.45) is 11.5 Å². The minimum Gasteiger partial charge on any atom is -0.459 e. The number of hydrogen-bond donors (Lipinski definition) is 4. The summed E-state index contributed by atoms with van der Waals surface area (Å²) in [4.78, 5) is 48.5. The number of nitrogens with two attached hydrogens (primary N) is 4. The number of carbonyl (C=O) groups is 4. The molecule has 0 bridgehead atoms. The quantitative estimate of drug-likeness (QED) is 0.119. The van der Waals surface area contributed by atoms with Gasteiger partial charge in [0.15, 0.2) is 12.2 Å². The number of rotatable bonds is 13. The highest BCUT2D eigenvalue weighted by molar-refractivity contribution is 5.82. The third-order valence-corrected chi connectivity index (χ3v) is 5.30. The van der Waals surface area contributed by atoms with Crippen LogP contribution in [0.4, 0.5) is 11.4 Å². The van der Waals surface area contributed by atoms with E-state index in [1.165, 1.54) is 13.8 Å². The summed E-state index contributed by atoms with van der Waals surface area (Å²) in [6, 6.07) is 11.7. The molecule has 0 amide bonds. The van der Waals surface area contributed by atoms with E-state index >= 15 is 0 Å². The molecule has 0 aromatic heterocycles. The summed E-state index contributed by atoms with van der Waals surface area (Å²) in [6.07, 6.45) is -2.05. The van der Waals surface area contributed by atoms with E-state index in [0.29, 0.717) is 11.4 Å². The molecule has 2 aromatic rings. The molecule has 4 unspecified atom stereocenters. The second-order valence-electron chi connectivity index (χ2n) is 8.60. The van der Waals surface area contributed by atoms with Crippen molar-refractivity contribution in [2.45, 2.75) is 51.0 Å². The molecule has 38 heavy (non-hydrogen) atoms. The van der Waals surface area contributed by atoms with E-state index in [-0.39, 0.29) is 26.1 Å². The second kappa shape index (κ2) is 14.5. The van der Waals surface area contributed by atoms with Gasteiger partial charge in [-0.3, -0.25) is 9.59 Å². The lowest BCUT2D eigenvalue weighted by molar-refractivity contribution is -0.172. The number of esters is 4. The van der Waals surface area contributed by atoms with Crippen LogP contribution >= 0.6 is 0 Å². The van der Waals surface area contributed by atoms with Crippen molar-refractivity contribution < 1.29 is 38.1 Å². The number of hydrogen-bond acceptors (Lipinski definition) is 12. The minimum atomic E-state index is -1.22. The Balaban J connectivity index is 1.65. The Morgan fingerprint density at radius 1 is 0.605 bits per heavy atom. The van der Waals surface area contributed by atoms with Crippen LogP contribution in [0.2, 0.25) is 0 Å². The summed E-state index contributed by atoms with van der Waals surface area (Å²) in [7, 11) is 0. The summed E-state index contributed by atoms with van der Waals surface area (Å²) >= 11 is 0. The van der Waals surface area contributed by atoms with Gasteiger partial charge in [-0.15, -0.1) is 0 Å². The van der Waals surface area contributed by atoms with Crippen molar-refractivity contribution in [3.8, 4) is 0 Å². The van der Waals surface area contributed by atoms with Crippen LogP contribution in [0.5, 0.6) is 0 Å². The average Bonchev–Trinajstić information content (AvgIpc) is 2.88. The van der Waals surface area contributed by atoms with Crippen LogP contribution < -0.4 is 22.9 Å². The standard InChI is InChI=1S/C26H34N4O8/c1-15(37-25(33)21(29)13-17-3-7-19(27)8-4-17)23(31)35-11-12-36-24(32)16(2)38-26(34)22(30)14-18-5-9-20(28)10-6-18/h3-10,15-16,21-22H,11-14,27-30H2,1-2H3. The Labute approximate surface area is 220 Å². The van der Waals surface area contributed by atoms with E-state index < -0.39 is 48.2 Å². The Morgan fingerprint density at radius 3 is 1.24 bits per heavy atom. The van der Waals surface area contributed by atoms with E-state index in [4.69, 9.17) is 41.9 Å². The number of carbonyl (C=O) groups excluding carboxylic acids is 4. The first-order valence-corrected chi connectivity index (χ1v) is 11.9. The zero-order chi connectivity index (χ0) is 28.2. The van der Waals surface area contributed by atoms with Gasteiger partial charge in [0.1, 0.15) is 25.3 Å². The molecule has 0 aliphatic heterocycles. The van der Waals surface area contributed by atoms with Gasteiger partial charge in [0.2, 0.25) is 0 Å². The minimum absolute atomic E-state index is 0.200. The van der Waals surface area contributed by atoms with Crippen LogP contribution in [0, 0.1) is 0 Å². The number of ether oxygens (including phenoxy) is 4. The molecule has 0 saturated carbocycles. The smallest absolute Gasteiger partial charge is 0.347 e. The fourth-order valence-corrected chi connectivity index (χ4v) is 3.12. The molecule has 0 spiro atoms. The summed E-state index contributed by atoms with van der Waals surface area (Å²) in [6.45, 7) is 2.05. The topological polar surface area (TPSA) is 209 Å². The fraction of sp³-hybridized carbons (Fsp3) is 0.385. The van der Waals surface area contributed by atoms with E-state index in [1.807, 2.05) is 0 Å². The average molecular weight is 531 g/mol. The first kappa shape index (κ1) is 30.1. The van der Waals surface area contributed by atoms with Crippen molar-refractivity contribution in [1.82, 2.24) is 0 Å². The van der Waals surface area contributed by atoms with Gasteiger partial charge in [0.25, 0.3) is 0 Å². The molecule has 0 fully saturated rings. The monoisotopic (exact) mass is 530 g/mol. The predicted molar refractivity (Wildman–Crippen MR) is 138 cm³/mol. The summed E-state index contributed by atoms with van der Waals surface area (Å²) < 4.78 is 20.0. The number of nitrogen functional groups attached to an aromatic ring is 2. The van der Waals surface area contributed by atoms with Crippen LogP contribution in [0.1, 0.15) is 25.0 Å². The normalized spacial score (nSPS) is 13.9. The second-order valence-corrected chi connectivity index (χ2v) is 8.60. The molecule has 0 heterocycles. The van der Waals surface area contributed by atoms with E-state index in [1.54, 1.807) is 48.5 Å². The lowest BCUT2D eigenvalue weighted by Gasteiger charge is -2.17. The molecule has 8 N–H and O–H groups in total. The number of benzene rings is 2. The van der Waals surface area contributed by atoms with Crippen LogP contribution in [0.3, 0.4) is 0 Å². The maximum Gasteiger partial charge on any atom is 0.347 e. The molecular weight excluding hydrogens is 496 g/mol. The van der Waals surface area contributed by atoms with E-state index in [9.17, 15) is 19.2 Å². The molecular formula is C26H34N4O8. The molecule has 12 nitrogen and oxygen atoms in total. The van der Waals surface area contributed by atoms with Gasteiger partial charge in [-0.2, -0.15) is 0 Å². The maximum absolute atomic E-state index is 12.2. The van der Waals surface area contributed by atoms with Gasteiger partial charge < -0.3 is 41.9 Å². The Hall–Kier alpha value is -4.16. The van der Waals surface area contributed by atoms with Gasteiger partial charge in [-0.05, 0) is 62.1 Å². The molecule has 0 saturated heterocycles. The fourth-order valence-electron chi connectivity index (χ4n) is 3.12. The lowest BCUT2D eigenvalue weighted by Crippen LogP contribution is -2.39. The van der Waals surface area contributed by atoms with Crippen LogP contribution in [-0.4, -0.2) is 61.4 Å². The molecule has 0 aliphatic rings. The van der Waals surface area contributed by atoms with Gasteiger partial charge >= 0.3 is 23.9 Å². The van der Waals surface area contributed by atoms with Crippen molar-refractivity contribution in [1.29, 1.82) is 0 Å².